The molecule has 0 saturated heterocycles. The van der Waals surface area contributed by atoms with Gasteiger partial charge in [0.1, 0.15) is 5.75 Å². The number of hydrogen-bond donors (Lipinski definition) is 1. The van der Waals surface area contributed by atoms with E-state index in [0.29, 0.717) is 6.10 Å². The third kappa shape index (κ3) is 3.60. The zero-order chi connectivity index (χ0) is 13.1. The van der Waals surface area contributed by atoms with E-state index in [2.05, 4.69) is 6.08 Å². The molecule has 1 aromatic rings. The molecule has 1 N–H and O–H groups in total. The molecule has 2 aliphatic carbocycles. The Morgan fingerprint density at radius 2 is 1.95 bits per heavy atom. The van der Waals surface area contributed by atoms with Crippen molar-refractivity contribution in [3.63, 3.8) is 0 Å². The highest BCUT2D eigenvalue weighted by Crippen LogP contribution is 2.30. The van der Waals surface area contributed by atoms with Crippen molar-refractivity contribution in [2.75, 3.05) is 0 Å². The average Bonchev–Trinajstić information content (AvgIpc) is 3.25. The molecule has 0 aliphatic heterocycles. The molecule has 1 saturated carbocycles. The Bertz CT molecular complexity index is 443. The standard InChI is InChI=1S/C17H22O2/c18-17(12-13-4-2-1-3-5-13)14-6-8-15(9-7-14)19-16-10-11-16/h4,6-9,16-18H,1-3,5,10-12H2. The van der Waals surface area contributed by atoms with Crippen LogP contribution in [0.5, 0.6) is 5.75 Å². The zero-order valence-corrected chi connectivity index (χ0v) is 11.3. The van der Waals surface area contributed by atoms with Gasteiger partial charge < -0.3 is 9.84 Å². The van der Waals surface area contributed by atoms with Crippen LogP contribution in [-0.4, -0.2) is 11.2 Å². The number of allylic oxidation sites excluding steroid dienone is 1. The number of ether oxygens (including phenoxy) is 1. The molecule has 1 aromatic carbocycles. The van der Waals surface area contributed by atoms with Gasteiger partial charge in [-0.1, -0.05) is 23.8 Å². The Morgan fingerprint density at radius 3 is 2.58 bits per heavy atom. The van der Waals surface area contributed by atoms with E-state index >= 15 is 0 Å². The maximum Gasteiger partial charge on any atom is 0.119 e. The summed E-state index contributed by atoms with van der Waals surface area (Å²) in [6, 6.07) is 7.94. The molecule has 2 nitrogen and oxygen atoms in total. The molecule has 2 aliphatic rings. The number of benzene rings is 1. The van der Waals surface area contributed by atoms with Crippen molar-refractivity contribution in [1.82, 2.24) is 0 Å². The third-order valence-corrected chi connectivity index (χ3v) is 3.93. The summed E-state index contributed by atoms with van der Waals surface area (Å²) in [5.41, 5.74) is 2.41. The van der Waals surface area contributed by atoms with Crippen LogP contribution in [0.4, 0.5) is 0 Å². The molecule has 19 heavy (non-hydrogen) atoms. The molecule has 0 heterocycles. The van der Waals surface area contributed by atoms with Gasteiger partial charge in [-0.2, -0.15) is 0 Å². The predicted octanol–water partition coefficient (Wildman–Crippen LogP) is 4.15. The van der Waals surface area contributed by atoms with E-state index in [1.165, 1.54) is 37.7 Å². The van der Waals surface area contributed by atoms with E-state index in [1.54, 1.807) is 0 Å². The van der Waals surface area contributed by atoms with Crippen LogP contribution < -0.4 is 4.74 Å². The van der Waals surface area contributed by atoms with Crippen LogP contribution in [0.3, 0.4) is 0 Å². The van der Waals surface area contributed by atoms with Crippen LogP contribution in [0.25, 0.3) is 0 Å². The fourth-order valence-electron chi connectivity index (χ4n) is 2.60. The minimum absolute atomic E-state index is 0.376. The van der Waals surface area contributed by atoms with Gasteiger partial charge >= 0.3 is 0 Å². The van der Waals surface area contributed by atoms with Crippen molar-refractivity contribution in [1.29, 1.82) is 0 Å². The van der Waals surface area contributed by atoms with Crippen LogP contribution in [-0.2, 0) is 0 Å². The van der Waals surface area contributed by atoms with E-state index < -0.39 is 0 Å². The molecule has 0 radical (unpaired) electrons. The second-order valence-electron chi connectivity index (χ2n) is 5.71. The Kier molecular flexibility index (Phi) is 3.88. The van der Waals surface area contributed by atoms with E-state index in [4.69, 9.17) is 4.74 Å². The van der Waals surface area contributed by atoms with E-state index in [0.717, 1.165) is 24.2 Å². The first-order valence-electron chi connectivity index (χ1n) is 7.44. The molecule has 3 rings (SSSR count). The summed E-state index contributed by atoms with van der Waals surface area (Å²) in [5.74, 6) is 0.926. The number of aliphatic hydroxyl groups is 1. The second kappa shape index (κ2) is 5.79. The SMILES string of the molecule is OC(CC1=CCCCC1)c1ccc(OC2CC2)cc1. The van der Waals surface area contributed by atoms with Crippen LogP contribution >= 0.6 is 0 Å². The quantitative estimate of drug-likeness (QED) is 0.804. The highest BCUT2D eigenvalue weighted by molar-refractivity contribution is 5.29. The topological polar surface area (TPSA) is 29.5 Å². The van der Waals surface area contributed by atoms with Gasteiger partial charge in [0.05, 0.1) is 12.2 Å². The van der Waals surface area contributed by atoms with Gasteiger partial charge in [0.25, 0.3) is 0 Å². The number of aliphatic hydroxyl groups excluding tert-OH is 1. The molecular weight excluding hydrogens is 236 g/mol. The molecule has 0 spiro atoms. The molecular formula is C17H22O2. The van der Waals surface area contributed by atoms with E-state index in [9.17, 15) is 5.11 Å². The molecule has 0 aromatic heterocycles. The minimum Gasteiger partial charge on any atom is -0.490 e. The van der Waals surface area contributed by atoms with Gasteiger partial charge in [0.15, 0.2) is 0 Å². The molecule has 1 unspecified atom stereocenters. The van der Waals surface area contributed by atoms with Gasteiger partial charge in [-0.15, -0.1) is 0 Å². The lowest BCUT2D eigenvalue weighted by Crippen LogP contribution is -2.02. The summed E-state index contributed by atoms with van der Waals surface area (Å²) in [7, 11) is 0. The van der Waals surface area contributed by atoms with Crippen LogP contribution in [0, 0.1) is 0 Å². The lowest BCUT2D eigenvalue weighted by molar-refractivity contribution is 0.176. The van der Waals surface area contributed by atoms with Crippen molar-refractivity contribution in [2.24, 2.45) is 0 Å². The Morgan fingerprint density at radius 1 is 1.16 bits per heavy atom. The van der Waals surface area contributed by atoms with E-state index in [-0.39, 0.29) is 6.10 Å². The van der Waals surface area contributed by atoms with Crippen molar-refractivity contribution in [2.45, 2.75) is 57.2 Å². The third-order valence-electron chi connectivity index (χ3n) is 3.93. The van der Waals surface area contributed by atoms with E-state index in [1.807, 2.05) is 24.3 Å². The van der Waals surface area contributed by atoms with Gasteiger partial charge in [-0.3, -0.25) is 0 Å². The normalized spacial score (nSPS) is 20.8. The molecule has 0 amide bonds. The first-order chi connectivity index (χ1) is 9.31. The smallest absolute Gasteiger partial charge is 0.119 e. The maximum atomic E-state index is 10.3. The highest BCUT2D eigenvalue weighted by Gasteiger charge is 2.23. The number of hydrogen-bond acceptors (Lipinski definition) is 2. The maximum absolute atomic E-state index is 10.3. The van der Waals surface area contributed by atoms with Gasteiger partial charge in [0.2, 0.25) is 0 Å². The van der Waals surface area contributed by atoms with Crippen molar-refractivity contribution in [3.05, 3.63) is 41.5 Å². The molecule has 102 valence electrons. The zero-order valence-electron chi connectivity index (χ0n) is 11.3. The summed E-state index contributed by atoms with van der Waals surface area (Å²) in [5, 5.41) is 10.3. The fraction of sp³-hybridized carbons (Fsp3) is 0.529. The van der Waals surface area contributed by atoms with Gasteiger partial charge in [-0.05, 0) is 62.6 Å². The Balaban J connectivity index is 1.58. The summed E-state index contributed by atoms with van der Waals surface area (Å²) < 4.78 is 5.72. The van der Waals surface area contributed by atoms with Crippen LogP contribution in [0.1, 0.15) is 56.6 Å². The summed E-state index contributed by atoms with van der Waals surface area (Å²) in [6.45, 7) is 0. The van der Waals surface area contributed by atoms with Gasteiger partial charge in [-0.25, -0.2) is 0 Å². The summed E-state index contributed by atoms with van der Waals surface area (Å²) >= 11 is 0. The van der Waals surface area contributed by atoms with Gasteiger partial charge in [0, 0.05) is 0 Å². The molecule has 1 fully saturated rings. The molecule has 1 atom stereocenters. The van der Waals surface area contributed by atoms with Crippen molar-refractivity contribution in [3.8, 4) is 5.75 Å². The fourth-order valence-corrected chi connectivity index (χ4v) is 2.60. The van der Waals surface area contributed by atoms with Crippen molar-refractivity contribution >= 4 is 0 Å². The second-order valence-corrected chi connectivity index (χ2v) is 5.71. The monoisotopic (exact) mass is 258 g/mol. The number of rotatable bonds is 5. The lowest BCUT2D eigenvalue weighted by Gasteiger charge is -2.17. The van der Waals surface area contributed by atoms with Crippen molar-refractivity contribution < 1.29 is 9.84 Å². The first kappa shape index (κ1) is 12.7. The van der Waals surface area contributed by atoms with Crippen LogP contribution in [0.2, 0.25) is 0 Å². The summed E-state index contributed by atoms with van der Waals surface area (Å²) in [4.78, 5) is 0. The minimum atomic E-state index is -0.376. The molecule has 2 heteroatoms. The van der Waals surface area contributed by atoms with Crippen LogP contribution in [0.15, 0.2) is 35.9 Å². The molecule has 0 bridgehead atoms. The summed E-state index contributed by atoms with van der Waals surface area (Å²) in [6.07, 6.45) is 10.4. The first-order valence-corrected chi connectivity index (χ1v) is 7.44. The predicted molar refractivity (Wildman–Crippen MR) is 76.2 cm³/mol. The highest BCUT2D eigenvalue weighted by atomic mass is 16.5. The lowest BCUT2D eigenvalue weighted by atomic mass is 9.93. The largest absolute Gasteiger partial charge is 0.490 e. The Labute approximate surface area is 115 Å². The average molecular weight is 258 g/mol. The Hall–Kier alpha value is -1.28.